The minimum Gasteiger partial charge on any atom is -0.459 e. The number of aryl methyl sites for hydroxylation is 1. The van der Waals surface area contributed by atoms with Gasteiger partial charge < -0.3 is 20.7 Å². The van der Waals surface area contributed by atoms with E-state index in [0.717, 1.165) is 56.1 Å². The fourth-order valence-corrected chi connectivity index (χ4v) is 3.84. The average Bonchev–Trinajstić information content (AvgIpc) is 3.16. The van der Waals surface area contributed by atoms with E-state index in [0.29, 0.717) is 17.9 Å². The molecule has 0 aromatic carbocycles. The second-order valence-corrected chi connectivity index (χ2v) is 7.72. The largest absolute Gasteiger partial charge is 0.459 e. The van der Waals surface area contributed by atoms with Gasteiger partial charge in [-0.1, -0.05) is 19.9 Å². The minimum absolute atomic E-state index is 0.0678. The van der Waals surface area contributed by atoms with E-state index in [9.17, 15) is 0 Å². The molecule has 0 amide bonds. The lowest BCUT2D eigenvalue weighted by Gasteiger charge is -2.29. The molecule has 1 fully saturated rings. The number of hydrogen-bond donors (Lipinski definition) is 2. The normalized spacial score (nSPS) is 14.6. The summed E-state index contributed by atoms with van der Waals surface area (Å²) >= 11 is 0. The number of imidazole rings is 1. The van der Waals surface area contributed by atoms with Crippen molar-refractivity contribution in [3.8, 4) is 6.01 Å². The Morgan fingerprint density at radius 3 is 2.63 bits per heavy atom. The Labute approximate surface area is 176 Å². The zero-order valence-corrected chi connectivity index (χ0v) is 17.9. The molecule has 3 aromatic heterocycles. The first-order valence-corrected chi connectivity index (χ1v) is 10.7. The van der Waals surface area contributed by atoms with Crippen LogP contribution >= 0.6 is 0 Å². The highest BCUT2D eigenvalue weighted by Crippen LogP contribution is 2.22. The monoisotopic (exact) mass is 410 g/mol. The van der Waals surface area contributed by atoms with Crippen molar-refractivity contribution >= 4 is 17.3 Å². The van der Waals surface area contributed by atoms with Gasteiger partial charge in [0.05, 0.1) is 11.9 Å². The highest BCUT2D eigenvalue weighted by atomic mass is 16.5. The summed E-state index contributed by atoms with van der Waals surface area (Å²) in [5, 5.41) is 7.93. The highest BCUT2D eigenvalue weighted by molar-refractivity contribution is 5.60. The summed E-state index contributed by atoms with van der Waals surface area (Å²) in [6.07, 6.45) is 6.23. The molecule has 0 unspecified atom stereocenters. The van der Waals surface area contributed by atoms with E-state index >= 15 is 0 Å². The molecule has 9 heteroatoms. The molecule has 3 aromatic rings. The maximum absolute atomic E-state index is 6.11. The molecule has 3 N–H and O–H groups in total. The van der Waals surface area contributed by atoms with E-state index in [1.54, 1.807) is 10.7 Å². The van der Waals surface area contributed by atoms with Gasteiger partial charge in [0, 0.05) is 38.8 Å². The third-order valence-electron chi connectivity index (χ3n) is 5.53. The van der Waals surface area contributed by atoms with Crippen molar-refractivity contribution in [2.24, 2.45) is 0 Å². The number of hydrogen-bond acceptors (Lipinski definition) is 8. The van der Waals surface area contributed by atoms with Crippen LogP contribution in [0.25, 0.3) is 5.65 Å². The summed E-state index contributed by atoms with van der Waals surface area (Å²) in [7, 11) is 0. The van der Waals surface area contributed by atoms with Crippen molar-refractivity contribution in [3.05, 3.63) is 35.3 Å². The van der Waals surface area contributed by atoms with E-state index in [1.165, 1.54) is 5.56 Å². The topological polar surface area (TPSA) is 106 Å². The molecule has 0 atom stereocenters. The Morgan fingerprint density at radius 2 is 1.93 bits per heavy atom. The first kappa shape index (κ1) is 20.3. The Bertz CT molecular complexity index is 1010. The van der Waals surface area contributed by atoms with Gasteiger partial charge in [-0.15, -0.1) is 5.10 Å². The summed E-state index contributed by atoms with van der Waals surface area (Å²) in [5.41, 5.74) is 9.86. The van der Waals surface area contributed by atoms with Gasteiger partial charge in [0.1, 0.15) is 11.9 Å². The molecule has 4 rings (SSSR count). The fourth-order valence-electron chi connectivity index (χ4n) is 3.84. The standard InChI is InChI=1S/C21H30N8O/c1-4-17(5-2)30-21-26-18(22)20-25-13-16(29(20)27-21)11-15-10-14(3)19(24-12-15)28-8-6-23-7-9-28/h10,12-13,17,23H,4-9,11H2,1-3H3,(H2,22,26,27). The van der Waals surface area contributed by atoms with Crippen LogP contribution in [0.5, 0.6) is 6.01 Å². The molecule has 1 aliphatic heterocycles. The number of rotatable bonds is 7. The van der Waals surface area contributed by atoms with Crippen LogP contribution in [0.15, 0.2) is 18.5 Å². The molecule has 1 aliphatic rings. The summed E-state index contributed by atoms with van der Waals surface area (Å²) in [6.45, 7) is 10.2. The molecule has 0 saturated carbocycles. The average molecular weight is 411 g/mol. The zero-order chi connectivity index (χ0) is 21.1. The molecule has 9 nitrogen and oxygen atoms in total. The number of ether oxygens (including phenoxy) is 1. The van der Waals surface area contributed by atoms with Gasteiger partial charge in [0.25, 0.3) is 0 Å². The Hall–Kier alpha value is -2.94. The third-order valence-corrected chi connectivity index (χ3v) is 5.53. The maximum atomic E-state index is 6.11. The van der Waals surface area contributed by atoms with Crippen LogP contribution in [0.4, 0.5) is 11.6 Å². The van der Waals surface area contributed by atoms with Gasteiger partial charge >= 0.3 is 6.01 Å². The number of anilines is 2. The van der Waals surface area contributed by atoms with Gasteiger partial charge in [-0.05, 0) is 30.9 Å². The predicted molar refractivity (Wildman–Crippen MR) is 117 cm³/mol. The zero-order valence-electron chi connectivity index (χ0n) is 17.9. The van der Waals surface area contributed by atoms with Gasteiger partial charge in [-0.3, -0.25) is 0 Å². The Kier molecular flexibility index (Phi) is 5.98. The van der Waals surface area contributed by atoms with Crippen LogP contribution in [0.1, 0.15) is 43.5 Å². The third kappa shape index (κ3) is 4.16. The van der Waals surface area contributed by atoms with Crippen LogP contribution in [-0.2, 0) is 6.42 Å². The molecule has 30 heavy (non-hydrogen) atoms. The molecule has 1 saturated heterocycles. The molecular weight excluding hydrogens is 380 g/mol. The van der Waals surface area contributed by atoms with E-state index in [-0.39, 0.29) is 12.1 Å². The van der Waals surface area contributed by atoms with Crippen LogP contribution in [0, 0.1) is 6.92 Å². The predicted octanol–water partition coefficient (Wildman–Crippen LogP) is 1.98. The van der Waals surface area contributed by atoms with Crippen molar-refractivity contribution < 1.29 is 4.74 Å². The molecule has 0 spiro atoms. The van der Waals surface area contributed by atoms with Crippen LogP contribution in [-0.4, -0.2) is 56.8 Å². The van der Waals surface area contributed by atoms with E-state index in [4.69, 9.17) is 15.5 Å². The molecule has 4 heterocycles. The quantitative estimate of drug-likeness (QED) is 0.609. The molecular formula is C21H30N8O. The second kappa shape index (κ2) is 8.83. The van der Waals surface area contributed by atoms with E-state index < -0.39 is 0 Å². The first-order chi connectivity index (χ1) is 14.6. The van der Waals surface area contributed by atoms with Crippen molar-refractivity contribution in [2.75, 3.05) is 36.8 Å². The lowest BCUT2D eigenvalue weighted by molar-refractivity contribution is 0.174. The maximum Gasteiger partial charge on any atom is 0.336 e. The highest BCUT2D eigenvalue weighted by Gasteiger charge is 2.17. The number of pyridine rings is 1. The van der Waals surface area contributed by atoms with E-state index in [1.807, 2.05) is 6.20 Å². The molecule has 0 bridgehead atoms. The Morgan fingerprint density at radius 1 is 1.17 bits per heavy atom. The fraction of sp³-hybridized carbons (Fsp3) is 0.524. The second-order valence-electron chi connectivity index (χ2n) is 7.72. The molecule has 160 valence electrons. The molecule has 0 aliphatic carbocycles. The SMILES string of the molecule is CCC(CC)Oc1nc(N)c2ncc(Cc3cnc(N4CCNCC4)c(C)c3)n2n1. The lowest BCUT2D eigenvalue weighted by atomic mass is 10.1. The number of aromatic nitrogens is 5. The van der Waals surface area contributed by atoms with Crippen LogP contribution < -0.4 is 20.7 Å². The number of fused-ring (bicyclic) bond motifs is 1. The number of nitrogens with two attached hydrogens (primary N) is 1. The summed E-state index contributed by atoms with van der Waals surface area (Å²) in [6, 6.07) is 2.48. The van der Waals surface area contributed by atoms with E-state index in [2.05, 4.69) is 52.1 Å². The van der Waals surface area contributed by atoms with Gasteiger partial charge in [-0.25, -0.2) is 14.5 Å². The van der Waals surface area contributed by atoms with Crippen molar-refractivity contribution in [3.63, 3.8) is 0 Å². The van der Waals surface area contributed by atoms with Gasteiger partial charge in [-0.2, -0.15) is 4.98 Å². The first-order valence-electron chi connectivity index (χ1n) is 10.7. The number of nitrogen functional groups attached to an aromatic ring is 1. The number of nitrogens with zero attached hydrogens (tertiary/aromatic N) is 6. The summed E-state index contributed by atoms with van der Waals surface area (Å²) in [4.78, 5) is 15.8. The molecule has 0 radical (unpaired) electrons. The summed E-state index contributed by atoms with van der Waals surface area (Å²) in [5.74, 6) is 1.38. The van der Waals surface area contributed by atoms with Crippen molar-refractivity contribution in [1.29, 1.82) is 0 Å². The lowest BCUT2D eigenvalue weighted by Crippen LogP contribution is -2.44. The van der Waals surface area contributed by atoms with Crippen LogP contribution in [0.3, 0.4) is 0 Å². The number of piperazine rings is 1. The Balaban J connectivity index is 1.59. The minimum atomic E-state index is 0.0678. The van der Waals surface area contributed by atoms with Crippen molar-refractivity contribution in [1.82, 2.24) is 29.9 Å². The van der Waals surface area contributed by atoms with Crippen molar-refractivity contribution in [2.45, 2.75) is 46.1 Å². The smallest absolute Gasteiger partial charge is 0.336 e. The van der Waals surface area contributed by atoms with Gasteiger partial charge in [0.15, 0.2) is 11.5 Å². The van der Waals surface area contributed by atoms with Crippen LogP contribution in [0.2, 0.25) is 0 Å². The summed E-state index contributed by atoms with van der Waals surface area (Å²) < 4.78 is 7.64. The van der Waals surface area contributed by atoms with Gasteiger partial charge in [0.2, 0.25) is 0 Å². The number of nitrogens with one attached hydrogen (secondary N) is 1.